The Kier molecular flexibility index (Phi) is 6.13. The van der Waals surface area contributed by atoms with Gasteiger partial charge in [-0.3, -0.25) is 4.79 Å². The van der Waals surface area contributed by atoms with Crippen molar-refractivity contribution in [1.29, 1.82) is 0 Å². The summed E-state index contributed by atoms with van der Waals surface area (Å²) in [5.74, 6) is 0.748. The van der Waals surface area contributed by atoms with E-state index in [0.29, 0.717) is 13.0 Å². The number of carbonyl (C=O) groups is 1. The number of carbonyl (C=O) groups excluding carboxylic acids is 1. The molecule has 0 atom stereocenters. The summed E-state index contributed by atoms with van der Waals surface area (Å²) in [5, 5.41) is 0. The molecule has 0 aromatic heterocycles. The molecule has 0 radical (unpaired) electrons. The van der Waals surface area contributed by atoms with Crippen LogP contribution >= 0.6 is 0 Å². The van der Waals surface area contributed by atoms with Gasteiger partial charge in [0, 0.05) is 25.2 Å². The minimum absolute atomic E-state index is 0.0555. The number of esters is 1. The Labute approximate surface area is 145 Å². The van der Waals surface area contributed by atoms with Gasteiger partial charge in [-0.05, 0) is 69.8 Å². The van der Waals surface area contributed by atoms with Crippen molar-refractivity contribution >= 4 is 11.7 Å². The van der Waals surface area contributed by atoms with Gasteiger partial charge in [0.1, 0.15) is 0 Å². The fraction of sp³-hybridized carbons (Fsp3) is 0.650. The van der Waals surface area contributed by atoms with Crippen LogP contribution in [0.15, 0.2) is 24.3 Å². The smallest absolute Gasteiger partial charge is 0.305 e. The number of likely N-dealkylation sites (tertiary alicyclic amines) is 1. The first-order chi connectivity index (χ1) is 11.8. The molecular formula is C20H30N2O2. The Morgan fingerprint density at radius 2 is 2.00 bits per heavy atom. The number of hydrogen-bond acceptors (Lipinski definition) is 4. The third kappa shape index (κ3) is 4.50. The van der Waals surface area contributed by atoms with Crippen molar-refractivity contribution in [1.82, 2.24) is 4.90 Å². The number of para-hydroxylation sites is 1. The molecule has 0 spiro atoms. The molecule has 2 aliphatic heterocycles. The van der Waals surface area contributed by atoms with Crippen molar-refractivity contribution in [2.75, 3.05) is 44.2 Å². The van der Waals surface area contributed by atoms with Gasteiger partial charge in [0.2, 0.25) is 0 Å². The Morgan fingerprint density at radius 3 is 2.79 bits per heavy atom. The van der Waals surface area contributed by atoms with Gasteiger partial charge in [0.25, 0.3) is 0 Å². The zero-order valence-corrected chi connectivity index (χ0v) is 14.9. The number of benzene rings is 1. The van der Waals surface area contributed by atoms with Gasteiger partial charge >= 0.3 is 5.97 Å². The number of hydrogen-bond donors (Lipinski definition) is 0. The lowest BCUT2D eigenvalue weighted by Crippen LogP contribution is -2.39. The lowest BCUT2D eigenvalue weighted by molar-refractivity contribution is -0.143. The molecule has 0 bridgehead atoms. The molecule has 2 heterocycles. The number of anilines is 1. The SMILES string of the molecule is CCOC(=O)CCCN1CCC(CN2CCc3ccccc32)CC1. The van der Waals surface area contributed by atoms with Crippen molar-refractivity contribution in [2.45, 2.75) is 39.0 Å². The first-order valence-electron chi connectivity index (χ1n) is 9.47. The van der Waals surface area contributed by atoms with Crippen LogP contribution in [0.25, 0.3) is 0 Å². The van der Waals surface area contributed by atoms with Crippen molar-refractivity contribution in [3.05, 3.63) is 29.8 Å². The first kappa shape index (κ1) is 17.3. The highest BCUT2D eigenvalue weighted by Crippen LogP contribution is 2.30. The molecule has 3 rings (SSSR count). The van der Waals surface area contributed by atoms with E-state index < -0.39 is 0 Å². The molecule has 0 aliphatic carbocycles. The van der Waals surface area contributed by atoms with Gasteiger partial charge < -0.3 is 14.5 Å². The standard InChI is InChI=1S/C20H30N2O2/c1-2-24-20(23)8-5-12-21-13-9-17(10-14-21)16-22-15-11-18-6-3-4-7-19(18)22/h3-4,6-7,17H,2,5,8-16H2,1H3. The fourth-order valence-electron chi connectivity index (χ4n) is 3.98. The molecule has 1 aromatic carbocycles. The van der Waals surface area contributed by atoms with Crippen LogP contribution in [-0.4, -0.2) is 50.2 Å². The Morgan fingerprint density at radius 1 is 1.21 bits per heavy atom. The number of nitrogens with zero attached hydrogens (tertiary/aromatic N) is 2. The molecular weight excluding hydrogens is 300 g/mol. The maximum absolute atomic E-state index is 11.4. The second-order valence-corrected chi connectivity index (χ2v) is 7.02. The van der Waals surface area contributed by atoms with Gasteiger partial charge in [-0.15, -0.1) is 0 Å². The average molecular weight is 330 g/mol. The van der Waals surface area contributed by atoms with Crippen LogP contribution in [0, 0.1) is 5.92 Å². The minimum Gasteiger partial charge on any atom is -0.466 e. The summed E-state index contributed by atoms with van der Waals surface area (Å²) >= 11 is 0. The lowest BCUT2D eigenvalue weighted by Gasteiger charge is -2.34. The third-order valence-electron chi connectivity index (χ3n) is 5.33. The van der Waals surface area contributed by atoms with Crippen LogP contribution < -0.4 is 4.90 Å². The predicted molar refractivity (Wildman–Crippen MR) is 97.4 cm³/mol. The monoisotopic (exact) mass is 330 g/mol. The van der Waals surface area contributed by atoms with Crippen LogP contribution in [0.1, 0.15) is 38.2 Å². The van der Waals surface area contributed by atoms with Crippen molar-refractivity contribution in [2.24, 2.45) is 5.92 Å². The van der Waals surface area contributed by atoms with E-state index in [1.54, 1.807) is 0 Å². The van der Waals surface area contributed by atoms with Crippen molar-refractivity contribution < 1.29 is 9.53 Å². The van der Waals surface area contributed by atoms with E-state index in [9.17, 15) is 4.79 Å². The number of fused-ring (bicyclic) bond motifs is 1. The van der Waals surface area contributed by atoms with Gasteiger partial charge in [-0.25, -0.2) is 0 Å². The van der Waals surface area contributed by atoms with Gasteiger partial charge in [-0.1, -0.05) is 18.2 Å². The molecule has 4 nitrogen and oxygen atoms in total. The molecule has 4 heteroatoms. The van der Waals surface area contributed by atoms with Crippen molar-refractivity contribution in [3.63, 3.8) is 0 Å². The molecule has 2 aliphatic rings. The third-order valence-corrected chi connectivity index (χ3v) is 5.33. The molecule has 0 saturated carbocycles. The average Bonchev–Trinajstić information content (AvgIpc) is 3.00. The molecule has 0 unspecified atom stereocenters. The topological polar surface area (TPSA) is 32.8 Å². The van der Waals surface area contributed by atoms with E-state index in [4.69, 9.17) is 4.74 Å². The molecule has 1 aromatic rings. The van der Waals surface area contributed by atoms with E-state index in [1.807, 2.05) is 6.92 Å². The second-order valence-electron chi connectivity index (χ2n) is 7.02. The normalized spacial score (nSPS) is 18.6. The van der Waals surface area contributed by atoms with Crippen LogP contribution in [0.3, 0.4) is 0 Å². The summed E-state index contributed by atoms with van der Waals surface area (Å²) in [6, 6.07) is 8.84. The maximum atomic E-state index is 11.4. The zero-order chi connectivity index (χ0) is 16.8. The molecule has 132 valence electrons. The summed E-state index contributed by atoms with van der Waals surface area (Å²) in [6.07, 6.45) is 5.22. The maximum Gasteiger partial charge on any atom is 0.305 e. The van der Waals surface area contributed by atoms with Crippen molar-refractivity contribution in [3.8, 4) is 0 Å². The van der Waals surface area contributed by atoms with E-state index >= 15 is 0 Å². The van der Waals surface area contributed by atoms with Crippen LogP contribution in [-0.2, 0) is 16.0 Å². The van der Waals surface area contributed by atoms with Crippen LogP contribution in [0.2, 0.25) is 0 Å². The summed E-state index contributed by atoms with van der Waals surface area (Å²) in [7, 11) is 0. The zero-order valence-electron chi connectivity index (χ0n) is 14.9. The lowest BCUT2D eigenvalue weighted by atomic mass is 9.96. The highest BCUT2D eigenvalue weighted by atomic mass is 16.5. The summed E-state index contributed by atoms with van der Waals surface area (Å²) in [6.45, 7) is 8.10. The van der Waals surface area contributed by atoms with E-state index in [2.05, 4.69) is 34.1 Å². The molecule has 0 N–H and O–H groups in total. The molecule has 1 saturated heterocycles. The molecule has 24 heavy (non-hydrogen) atoms. The summed E-state index contributed by atoms with van der Waals surface area (Å²) < 4.78 is 4.99. The number of rotatable bonds is 7. The second kappa shape index (κ2) is 8.52. The van der Waals surface area contributed by atoms with Crippen LogP contribution in [0.5, 0.6) is 0 Å². The summed E-state index contributed by atoms with van der Waals surface area (Å²) in [4.78, 5) is 16.5. The largest absolute Gasteiger partial charge is 0.466 e. The minimum atomic E-state index is -0.0555. The Balaban J connectivity index is 1.36. The summed E-state index contributed by atoms with van der Waals surface area (Å²) in [5.41, 5.74) is 2.96. The van der Waals surface area contributed by atoms with Gasteiger partial charge in [0.05, 0.1) is 6.61 Å². The number of ether oxygens (including phenoxy) is 1. The molecule has 0 amide bonds. The highest BCUT2D eigenvalue weighted by Gasteiger charge is 2.24. The Bertz CT molecular complexity index is 538. The quantitative estimate of drug-likeness (QED) is 0.719. The van der Waals surface area contributed by atoms with E-state index in [1.165, 1.54) is 56.7 Å². The Hall–Kier alpha value is -1.55. The van der Waals surface area contributed by atoms with Gasteiger partial charge in [0.15, 0.2) is 0 Å². The van der Waals surface area contributed by atoms with Crippen LogP contribution in [0.4, 0.5) is 5.69 Å². The number of piperidine rings is 1. The fourth-order valence-corrected chi connectivity index (χ4v) is 3.98. The highest BCUT2D eigenvalue weighted by molar-refractivity contribution is 5.69. The van der Waals surface area contributed by atoms with E-state index in [0.717, 1.165) is 18.9 Å². The van der Waals surface area contributed by atoms with Gasteiger partial charge in [-0.2, -0.15) is 0 Å². The molecule has 1 fully saturated rings. The van der Waals surface area contributed by atoms with E-state index in [-0.39, 0.29) is 5.97 Å². The predicted octanol–water partition coefficient (Wildman–Crippen LogP) is 3.10. The first-order valence-corrected chi connectivity index (χ1v) is 9.47.